The summed E-state index contributed by atoms with van der Waals surface area (Å²) in [7, 11) is -3.61. The van der Waals surface area contributed by atoms with Gasteiger partial charge in [-0.05, 0) is 24.3 Å². The van der Waals surface area contributed by atoms with Gasteiger partial charge in [0.15, 0.2) is 13.2 Å². The maximum atomic E-state index is 12.7. The van der Waals surface area contributed by atoms with Crippen LogP contribution in [0.15, 0.2) is 35.5 Å². The van der Waals surface area contributed by atoms with Crippen LogP contribution in [0.2, 0.25) is 0 Å². The van der Waals surface area contributed by atoms with Gasteiger partial charge in [0.05, 0.1) is 14.2 Å². The lowest BCUT2D eigenvalue weighted by molar-refractivity contribution is -0.165. The van der Waals surface area contributed by atoms with E-state index in [9.17, 15) is 40.8 Å². The molecule has 0 saturated carbocycles. The van der Waals surface area contributed by atoms with Crippen LogP contribution >= 0.6 is 7.60 Å². The molecule has 15 heteroatoms. The van der Waals surface area contributed by atoms with Crippen LogP contribution in [0.5, 0.6) is 5.75 Å². The fraction of sp³-hybridized carbons (Fsp3) is 0.400. The Hall–Kier alpha value is -2.44. The Morgan fingerprint density at radius 1 is 1.00 bits per heavy atom. The fourth-order valence-corrected chi connectivity index (χ4v) is 3.38. The molecule has 2 N–H and O–H groups in total. The molecule has 0 aliphatic heterocycles. The maximum absolute atomic E-state index is 12.7. The number of halogens is 6. The van der Waals surface area contributed by atoms with Crippen molar-refractivity contribution in [1.82, 2.24) is 0 Å². The molecule has 0 aliphatic carbocycles. The summed E-state index contributed by atoms with van der Waals surface area (Å²) in [6.45, 7) is -4.67. The van der Waals surface area contributed by atoms with Crippen LogP contribution in [0.1, 0.15) is 0 Å². The molecule has 0 heterocycles. The number of ether oxygens (including phenoxy) is 2. The molecule has 0 fully saturated rings. The summed E-state index contributed by atoms with van der Waals surface area (Å²) >= 11 is 0. The topological polar surface area (TPSA) is 103 Å². The number of anilines is 1. The summed E-state index contributed by atoms with van der Waals surface area (Å²) < 4.78 is 105. The molecule has 1 amide bonds. The highest BCUT2D eigenvalue weighted by molar-refractivity contribution is 7.60. The number of aliphatic hydroxyl groups excluding tert-OH is 1. The predicted molar refractivity (Wildman–Crippen MR) is 89.9 cm³/mol. The lowest BCUT2D eigenvalue weighted by Crippen LogP contribution is -2.24. The van der Waals surface area contributed by atoms with Crippen LogP contribution in [0.4, 0.5) is 32.0 Å². The Balaban J connectivity index is 3.30. The van der Waals surface area contributed by atoms with Crippen molar-refractivity contribution in [3.63, 3.8) is 0 Å². The van der Waals surface area contributed by atoms with E-state index in [1.807, 2.05) is 5.32 Å². The highest BCUT2D eigenvalue weighted by Crippen LogP contribution is 2.58. The number of benzene rings is 1. The average Bonchev–Trinajstić information content (AvgIpc) is 2.64. The standard InChI is InChI=1S/C15H16F6NO7P/c1-26-10-5-3-9(4-6-10)22-12(23)11(13(24)27-2)30(25,28-7-14(16,17)18)29-8-15(19,20)21/h3-6,24H,7-8H2,1-2H3,(H,22,23)/b13-11-. The minimum absolute atomic E-state index is 0.0413. The van der Waals surface area contributed by atoms with Crippen molar-refractivity contribution in [1.29, 1.82) is 0 Å². The smallest absolute Gasteiger partial charge is 0.412 e. The first-order valence-electron chi connectivity index (χ1n) is 7.66. The van der Waals surface area contributed by atoms with E-state index in [0.29, 0.717) is 12.9 Å². The van der Waals surface area contributed by atoms with Gasteiger partial charge >= 0.3 is 19.9 Å². The molecule has 0 aromatic heterocycles. The summed E-state index contributed by atoms with van der Waals surface area (Å²) in [6.07, 6.45) is -10.3. The van der Waals surface area contributed by atoms with Crippen LogP contribution in [0, 0.1) is 0 Å². The second-order valence-electron chi connectivity index (χ2n) is 5.32. The molecule has 0 aliphatic rings. The lowest BCUT2D eigenvalue weighted by Gasteiger charge is -2.22. The molecule has 1 rings (SSSR count). The number of hydrogen-bond donors (Lipinski definition) is 2. The lowest BCUT2D eigenvalue weighted by atomic mass is 10.3. The second-order valence-corrected chi connectivity index (χ2v) is 7.27. The van der Waals surface area contributed by atoms with Gasteiger partial charge in [0.25, 0.3) is 11.9 Å². The molecule has 0 atom stereocenters. The summed E-state index contributed by atoms with van der Waals surface area (Å²) in [5.74, 6) is -2.79. The molecule has 0 saturated heterocycles. The highest BCUT2D eigenvalue weighted by atomic mass is 31.2. The van der Waals surface area contributed by atoms with Crippen LogP contribution in [-0.4, -0.2) is 50.8 Å². The number of hydrogen-bond acceptors (Lipinski definition) is 7. The van der Waals surface area contributed by atoms with E-state index in [0.717, 1.165) is 0 Å². The molecule has 0 bridgehead atoms. The first-order chi connectivity index (χ1) is 13.7. The van der Waals surface area contributed by atoms with Crippen molar-refractivity contribution >= 4 is 19.2 Å². The van der Waals surface area contributed by atoms with Gasteiger partial charge in [-0.25, -0.2) is 0 Å². The van der Waals surface area contributed by atoms with Gasteiger partial charge < -0.3 is 19.9 Å². The second kappa shape index (κ2) is 10.0. The molecule has 0 spiro atoms. The number of aliphatic hydroxyl groups is 1. The van der Waals surface area contributed by atoms with Gasteiger partial charge in [-0.1, -0.05) is 0 Å². The first kappa shape index (κ1) is 25.6. The predicted octanol–water partition coefficient (Wildman–Crippen LogP) is 4.36. The minimum atomic E-state index is -5.68. The molecule has 8 nitrogen and oxygen atoms in total. The van der Waals surface area contributed by atoms with E-state index in [2.05, 4.69) is 13.8 Å². The Kier molecular flexibility index (Phi) is 8.57. The van der Waals surface area contributed by atoms with Gasteiger partial charge in [-0.2, -0.15) is 26.3 Å². The quantitative estimate of drug-likeness (QED) is 0.241. The summed E-state index contributed by atoms with van der Waals surface area (Å²) in [4.78, 5) is 12.4. The third-order valence-corrected chi connectivity index (χ3v) is 4.91. The van der Waals surface area contributed by atoms with Crippen LogP contribution in [-0.2, 0) is 23.1 Å². The third kappa shape index (κ3) is 8.13. The van der Waals surface area contributed by atoms with Crippen molar-refractivity contribution < 1.29 is 59.3 Å². The molecule has 0 unspecified atom stereocenters. The first-order valence-corrected chi connectivity index (χ1v) is 9.21. The number of carbonyl (C=O) groups excluding carboxylic acids is 1. The molecular formula is C15H16F6NO7P. The van der Waals surface area contributed by atoms with Crippen LogP contribution in [0.3, 0.4) is 0 Å². The van der Waals surface area contributed by atoms with Crippen molar-refractivity contribution in [2.24, 2.45) is 0 Å². The minimum Gasteiger partial charge on any atom is -0.497 e. The number of rotatable bonds is 9. The van der Waals surface area contributed by atoms with Crippen LogP contribution < -0.4 is 10.1 Å². The Morgan fingerprint density at radius 2 is 1.47 bits per heavy atom. The van der Waals surface area contributed by atoms with Crippen molar-refractivity contribution in [3.05, 3.63) is 35.5 Å². The third-order valence-electron chi connectivity index (χ3n) is 3.03. The molecule has 0 radical (unpaired) electrons. The van der Waals surface area contributed by atoms with E-state index in [1.165, 1.54) is 31.4 Å². The number of amides is 1. The number of methoxy groups -OCH3 is 2. The van der Waals surface area contributed by atoms with Gasteiger partial charge in [0.1, 0.15) is 5.75 Å². The Morgan fingerprint density at radius 3 is 1.83 bits per heavy atom. The monoisotopic (exact) mass is 467 g/mol. The number of alkyl halides is 6. The fourth-order valence-electron chi connectivity index (χ4n) is 1.78. The Labute approximate surface area is 165 Å². The van der Waals surface area contributed by atoms with Gasteiger partial charge in [0, 0.05) is 5.69 Å². The largest absolute Gasteiger partial charge is 0.497 e. The average molecular weight is 467 g/mol. The van der Waals surface area contributed by atoms with E-state index >= 15 is 0 Å². The number of carbonyl (C=O) groups is 1. The molecule has 170 valence electrons. The zero-order valence-corrected chi connectivity index (χ0v) is 16.2. The maximum Gasteiger partial charge on any atom is 0.412 e. The SMILES string of the molecule is CO/C(O)=C(/C(=O)Nc1ccc(OC)cc1)P(=O)(OCC(F)(F)F)OCC(F)(F)F. The summed E-state index contributed by atoms with van der Waals surface area (Å²) in [5, 5.41) is 10.2. The normalized spacial score (nSPS) is 13.5. The van der Waals surface area contributed by atoms with E-state index in [4.69, 9.17) is 4.74 Å². The van der Waals surface area contributed by atoms with Crippen molar-refractivity contribution in [3.8, 4) is 5.75 Å². The van der Waals surface area contributed by atoms with E-state index in [1.54, 1.807) is 0 Å². The zero-order chi connectivity index (χ0) is 23.2. The Bertz CT molecular complexity index is 785. The molecule has 30 heavy (non-hydrogen) atoms. The summed E-state index contributed by atoms with van der Waals surface area (Å²) in [6, 6.07) is 5.21. The van der Waals surface area contributed by atoms with Crippen LogP contribution in [0.25, 0.3) is 0 Å². The number of nitrogens with one attached hydrogen (secondary N) is 1. The van der Waals surface area contributed by atoms with Crippen molar-refractivity contribution in [2.75, 3.05) is 32.8 Å². The zero-order valence-electron chi connectivity index (χ0n) is 15.3. The van der Waals surface area contributed by atoms with E-state index < -0.39 is 50.3 Å². The molecular weight excluding hydrogens is 451 g/mol. The van der Waals surface area contributed by atoms with E-state index in [-0.39, 0.29) is 5.69 Å². The molecule has 1 aromatic rings. The summed E-state index contributed by atoms with van der Waals surface area (Å²) in [5.41, 5.74) is -0.0413. The van der Waals surface area contributed by atoms with Gasteiger partial charge in [-0.3, -0.25) is 18.4 Å². The molecule has 1 aromatic carbocycles. The van der Waals surface area contributed by atoms with Gasteiger partial charge in [0.2, 0.25) is 5.31 Å². The van der Waals surface area contributed by atoms with Crippen molar-refractivity contribution in [2.45, 2.75) is 12.4 Å². The van der Waals surface area contributed by atoms with Gasteiger partial charge in [-0.15, -0.1) is 0 Å². The highest BCUT2D eigenvalue weighted by Gasteiger charge is 2.46.